The van der Waals surface area contributed by atoms with Crippen LogP contribution in [-0.2, 0) is 14.9 Å². The van der Waals surface area contributed by atoms with E-state index in [1.807, 2.05) is 13.8 Å². The van der Waals surface area contributed by atoms with Gasteiger partial charge in [-0.3, -0.25) is 0 Å². The van der Waals surface area contributed by atoms with Crippen molar-refractivity contribution in [1.82, 2.24) is 8.61 Å². The van der Waals surface area contributed by atoms with Gasteiger partial charge in [0, 0.05) is 32.8 Å². The van der Waals surface area contributed by atoms with Crippen LogP contribution in [0.2, 0.25) is 0 Å². The van der Waals surface area contributed by atoms with Gasteiger partial charge >= 0.3 is 0 Å². The molecule has 2 N–H and O–H groups in total. The molecule has 1 aliphatic heterocycles. The molecule has 0 aliphatic carbocycles. The molecule has 0 radical (unpaired) electrons. The Kier molecular flexibility index (Phi) is 6.68. The maximum Gasteiger partial charge on any atom is 0.282 e. The molecule has 0 aromatic carbocycles. The largest absolute Gasteiger partial charge is 0.383 e. The average molecular weight is 293 g/mol. The zero-order valence-electron chi connectivity index (χ0n) is 12.2. The van der Waals surface area contributed by atoms with E-state index in [-0.39, 0.29) is 12.0 Å². The molecule has 7 heteroatoms. The highest BCUT2D eigenvalue weighted by Crippen LogP contribution is 2.21. The maximum absolute atomic E-state index is 12.7. The second kappa shape index (κ2) is 7.54. The minimum atomic E-state index is -3.41. The normalized spacial score (nSPS) is 23.7. The highest BCUT2D eigenvalue weighted by Gasteiger charge is 2.34. The fraction of sp³-hybridized carbons (Fsp3) is 1.00. The summed E-state index contributed by atoms with van der Waals surface area (Å²) in [4.78, 5) is 0. The van der Waals surface area contributed by atoms with Crippen molar-refractivity contribution >= 4 is 10.2 Å². The Hall–Kier alpha value is -0.210. The van der Waals surface area contributed by atoms with Crippen molar-refractivity contribution in [1.29, 1.82) is 0 Å². The van der Waals surface area contributed by atoms with E-state index >= 15 is 0 Å². The number of ether oxygens (including phenoxy) is 1. The Morgan fingerprint density at radius 2 is 2.21 bits per heavy atom. The first kappa shape index (κ1) is 16.8. The molecule has 1 heterocycles. The first-order chi connectivity index (χ1) is 8.97. The van der Waals surface area contributed by atoms with Crippen LogP contribution in [0.4, 0.5) is 0 Å². The van der Waals surface area contributed by atoms with Crippen LogP contribution < -0.4 is 5.73 Å². The van der Waals surface area contributed by atoms with Crippen molar-refractivity contribution in [3.8, 4) is 0 Å². The zero-order valence-corrected chi connectivity index (χ0v) is 13.0. The molecular formula is C12H27N3O3S. The van der Waals surface area contributed by atoms with E-state index in [1.54, 1.807) is 11.4 Å². The van der Waals surface area contributed by atoms with Crippen LogP contribution in [0, 0.1) is 5.92 Å². The molecule has 6 nitrogen and oxygen atoms in total. The molecule has 0 saturated carbocycles. The van der Waals surface area contributed by atoms with Gasteiger partial charge in [-0.05, 0) is 32.2 Å². The molecule has 0 amide bonds. The molecule has 114 valence electrons. The molecule has 1 saturated heterocycles. The van der Waals surface area contributed by atoms with E-state index in [9.17, 15) is 8.42 Å². The summed E-state index contributed by atoms with van der Waals surface area (Å²) in [5.74, 6) is 0.278. The van der Waals surface area contributed by atoms with E-state index in [0.717, 1.165) is 12.8 Å². The van der Waals surface area contributed by atoms with Gasteiger partial charge in [0.1, 0.15) is 0 Å². The highest BCUT2D eigenvalue weighted by atomic mass is 32.2. The smallest absolute Gasteiger partial charge is 0.282 e. The summed E-state index contributed by atoms with van der Waals surface area (Å²) in [6.45, 7) is 6.26. The Morgan fingerprint density at radius 3 is 2.74 bits per heavy atom. The third kappa shape index (κ3) is 4.13. The summed E-state index contributed by atoms with van der Waals surface area (Å²) in [6.07, 6.45) is 1.90. The van der Waals surface area contributed by atoms with Crippen LogP contribution in [-0.4, -0.2) is 63.0 Å². The summed E-state index contributed by atoms with van der Waals surface area (Å²) < 4.78 is 33.4. The molecule has 0 aromatic rings. The number of likely N-dealkylation sites (N-methyl/N-ethyl adjacent to an activating group) is 1. The van der Waals surface area contributed by atoms with Gasteiger partial charge in [-0.1, -0.05) is 6.92 Å². The van der Waals surface area contributed by atoms with E-state index in [1.165, 1.54) is 4.31 Å². The zero-order chi connectivity index (χ0) is 14.5. The standard InChI is InChI=1S/C12H27N3O3S/c1-4-15(11(2)10-18-3)19(16,17)14-7-5-6-12(8-13)9-14/h11-12H,4-10,13H2,1-3H3. The molecule has 19 heavy (non-hydrogen) atoms. The topological polar surface area (TPSA) is 75.9 Å². The molecule has 0 spiro atoms. The summed E-state index contributed by atoms with van der Waals surface area (Å²) in [7, 11) is -1.82. The molecular weight excluding hydrogens is 266 g/mol. The lowest BCUT2D eigenvalue weighted by Gasteiger charge is -2.36. The lowest BCUT2D eigenvalue weighted by Crippen LogP contribution is -2.52. The van der Waals surface area contributed by atoms with E-state index in [0.29, 0.717) is 32.8 Å². The predicted octanol–water partition coefficient (Wildman–Crippen LogP) is 0.259. The van der Waals surface area contributed by atoms with Crippen molar-refractivity contribution in [2.45, 2.75) is 32.7 Å². The van der Waals surface area contributed by atoms with E-state index in [4.69, 9.17) is 10.5 Å². The van der Waals surface area contributed by atoms with E-state index in [2.05, 4.69) is 0 Å². The van der Waals surface area contributed by atoms with Crippen molar-refractivity contribution in [2.24, 2.45) is 11.7 Å². The molecule has 1 rings (SSSR count). The first-order valence-electron chi connectivity index (χ1n) is 6.93. The Bertz CT molecular complexity index is 361. The number of piperidine rings is 1. The second-order valence-electron chi connectivity index (χ2n) is 5.12. The van der Waals surface area contributed by atoms with Gasteiger partial charge in [0.15, 0.2) is 0 Å². The predicted molar refractivity (Wildman–Crippen MR) is 76.0 cm³/mol. The first-order valence-corrected chi connectivity index (χ1v) is 8.32. The molecule has 2 atom stereocenters. The van der Waals surface area contributed by atoms with Gasteiger partial charge in [0.05, 0.1) is 6.61 Å². The summed E-state index contributed by atoms with van der Waals surface area (Å²) in [5, 5.41) is 0. The Balaban J connectivity index is 2.82. The van der Waals surface area contributed by atoms with E-state index < -0.39 is 10.2 Å². The van der Waals surface area contributed by atoms with Crippen molar-refractivity contribution < 1.29 is 13.2 Å². The van der Waals surface area contributed by atoms with Crippen LogP contribution in [0.1, 0.15) is 26.7 Å². The van der Waals surface area contributed by atoms with Crippen molar-refractivity contribution in [3.05, 3.63) is 0 Å². The van der Waals surface area contributed by atoms with Gasteiger partial charge < -0.3 is 10.5 Å². The molecule has 1 fully saturated rings. The summed E-state index contributed by atoms with van der Waals surface area (Å²) in [5.41, 5.74) is 5.67. The van der Waals surface area contributed by atoms with Gasteiger partial charge in [0.25, 0.3) is 10.2 Å². The minimum absolute atomic E-state index is 0.154. The second-order valence-corrected chi connectivity index (χ2v) is 7.00. The number of hydrogen-bond acceptors (Lipinski definition) is 4. The highest BCUT2D eigenvalue weighted by molar-refractivity contribution is 7.86. The van der Waals surface area contributed by atoms with Crippen molar-refractivity contribution in [2.75, 3.05) is 39.9 Å². The van der Waals surface area contributed by atoms with Gasteiger partial charge in [-0.15, -0.1) is 0 Å². The van der Waals surface area contributed by atoms with Gasteiger partial charge in [-0.2, -0.15) is 17.0 Å². The van der Waals surface area contributed by atoms with Gasteiger partial charge in [0.2, 0.25) is 0 Å². The molecule has 2 unspecified atom stereocenters. The van der Waals surface area contributed by atoms with Crippen LogP contribution in [0.25, 0.3) is 0 Å². The third-order valence-corrected chi connectivity index (χ3v) is 5.84. The summed E-state index contributed by atoms with van der Waals surface area (Å²) >= 11 is 0. The van der Waals surface area contributed by atoms with Crippen molar-refractivity contribution in [3.63, 3.8) is 0 Å². The van der Waals surface area contributed by atoms with Crippen LogP contribution in [0.15, 0.2) is 0 Å². The maximum atomic E-state index is 12.7. The average Bonchev–Trinajstić information content (AvgIpc) is 2.39. The number of nitrogens with two attached hydrogens (primary N) is 1. The third-order valence-electron chi connectivity index (χ3n) is 3.65. The molecule has 1 aliphatic rings. The van der Waals surface area contributed by atoms with Gasteiger partial charge in [-0.25, -0.2) is 0 Å². The minimum Gasteiger partial charge on any atom is -0.383 e. The molecule has 0 bridgehead atoms. The van der Waals surface area contributed by atoms with Crippen LogP contribution in [0.3, 0.4) is 0 Å². The lowest BCUT2D eigenvalue weighted by atomic mass is 10.0. The molecule has 0 aromatic heterocycles. The quantitative estimate of drug-likeness (QED) is 0.730. The monoisotopic (exact) mass is 293 g/mol. The number of nitrogens with zero attached hydrogens (tertiary/aromatic N) is 2. The van der Waals surface area contributed by atoms with Crippen LogP contribution in [0.5, 0.6) is 0 Å². The number of rotatable bonds is 7. The summed E-state index contributed by atoms with van der Waals surface area (Å²) in [6, 6.07) is -0.154. The lowest BCUT2D eigenvalue weighted by molar-refractivity contribution is 0.136. The Morgan fingerprint density at radius 1 is 1.53 bits per heavy atom. The SMILES string of the molecule is CCN(C(C)COC)S(=O)(=O)N1CCCC(CN)C1. The fourth-order valence-electron chi connectivity index (χ4n) is 2.60. The fourth-order valence-corrected chi connectivity index (χ4v) is 4.50. The Labute approximate surface area is 117 Å². The van der Waals surface area contributed by atoms with Crippen LogP contribution >= 0.6 is 0 Å². The number of hydrogen-bond donors (Lipinski definition) is 1. The number of methoxy groups -OCH3 is 1.